The molecule has 0 N–H and O–H groups in total. The van der Waals surface area contributed by atoms with Crippen molar-refractivity contribution in [3.8, 4) is 5.75 Å². The second-order valence-corrected chi connectivity index (χ2v) is 10.5. The zero-order valence-electron chi connectivity index (χ0n) is 17.1. The lowest BCUT2D eigenvalue weighted by molar-refractivity contribution is 0.340. The van der Waals surface area contributed by atoms with Crippen molar-refractivity contribution in [3.63, 3.8) is 0 Å². The van der Waals surface area contributed by atoms with E-state index in [-0.39, 0.29) is 12.4 Å². The van der Waals surface area contributed by atoms with Crippen LogP contribution in [0.3, 0.4) is 0 Å². The second-order valence-electron chi connectivity index (χ2n) is 7.05. The molecule has 0 aromatic heterocycles. The molecule has 0 saturated heterocycles. The lowest BCUT2D eigenvalue weighted by Gasteiger charge is -2.28. The zero-order chi connectivity index (χ0) is 19.9. The van der Waals surface area contributed by atoms with Crippen molar-refractivity contribution >= 4 is 35.6 Å². The summed E-state index contributed by atoms with van der Waals surface area (Å²) in [5.74, 6) is 0.930. The lowest BCUT2D eigenvalue weighted by Crippen LogP contribution is -2.32. The van der Waals surface area contributed by atoms with Crippen LogP contribution in [0, 0.1) is 0 Å². The van der Waals surface area contributed by atoms with Crippen LogP contribution >= 0.6 is 19.7 Å². The predicted octanol–water partition coefficient (Wildman–Crippen LogP) is 6.00. The molecule has 0 spiro atoms. The average molecular weight is 434 g/mol. The summed E-state index contributed by atoms with van der Waals surface area (Å²) in [6.45, 7) is 2.71. The summed E-state index contributed by atoms with van der Waals surface area (Å²) in [4.78, 5) is 0. The Kier molecular flexibility index (Phi) is 7.69. The van der Waals surface area contributed by atoms with Crippen molar-refractivity contribution in [2.24, 2.45) is 0 Å². The van der Waals surface area contributed by atoms with E-state index in [0.29, 0.717) is 6.61 Å². The third-order valence-electron chi connectivity index (χ3n) is 5.25. The molecule has 4 aromatic carbocycles. The number of benzene rings is 4. The summed E-state index contributed by atoms with van der Waals surface area (Å²) >= 11 is 0. The molecule has 0 fully saturated rings. The lowest BCUT2D eigenvalue weighted by atomic mass is 10.2. The van der Waals surface area contributed by atoms with Gasteiger partial charge in [-0.2, -0.15) is 0 Å². The summed E-state index contributed by atoms with van der Waals surface area (Å²) < 4.78 is 5.65. The van der Waals surface area contributed by atoms with E-state index in [1.54, 1.807) is 0 Å². The summed E-state index contributed by atoms with van der Waals surface area (Å²) in [5, 5.41) is 4.23. The van der Waals surface area contributed by atoms with Crippen LogP contribution in [0.15, 0.2) is 115 Å². The van der Waals surface area contributed by atoms with E-state index in [1.807, 2.05) is 6.92 Å². The molecule has 30 heavy (non-hydrogen) atoms. The first-order valence-electron chi connectivity index (χ1n) is 10.1. The van der Waals surface area contributed by atoms with E-state index < -0.39 is 7.26 Å². The molecule has 0 heterocycles. The molecule has 0 saturated carbocycles. The van der Waals surface area contributed by atoms with E-state index in [9.17, 15) is 0 Å². The summed E-state index contributed by atoms with van der Waals surface area (Å²) in [5.41, 5.74) is 1.33. The summed E-state index contributed by atoms with van der Waals surface area (Å²) in [7, 11) is -1.85. The molecule has 0 unspecified atom stereocenters. The molecule has 0 atom stereocenters. The molecule has 1 nitrogen and oxygen atoms in total. The van der Waals surface area contributed by atoms with Crippen molar-refractivity contribution in [3.05, 3.63) is 121 Å². The maximum atomic E-state index is 5.65. The Morgan fingerprint density at radius 2 is 0.967 bits per heavy atom. The highest BCUT2D eigenvalue weighted by Gasteiger charge is 2.45. The number of hydrogen-bond acceptors (Lipinski definition) is 1. The van der Waals surface area contributed by atoms with Gasteiger partial charge in [-0.3, -0.25) is 0 Å². The van der Waals surface area contributed by atoms with Crippen LogP contribution in [0.25, 0.3) is 0 Å². The van der Waals surface area contributed by atoms with Gasteiger partial charge in [0.2, 0.25) is 0 Å². The number of rotatable bonds is 7. The standard InChI is InChI=1S/C27H26OP.ClH/c1-2-28-24-20-18-23(19-21-24)22-29(25-12-6-3-7-13-25,26-14-8-4-9-15-26)27-16-10-5-11-17-27;/h3-21H,2,22H2,1H3;1H/q+1;. The minimum absolute atomic E-state index is 0. The van der Waals surface area contributed by atoms with Crippen molar-refractivity contribution in [1.82, 2.24) is 0 Å². The van der Waals surface area contributed by atoms with Gasteiger partial charge in [0.15, 0.2) is 0 Å². The first-order valence-corrected chi connectivity index (χ1v) is 12.1. The molecule has 3 heteroatoms. The van der Waals surface area contributed by atoms with Gasteiger partial charge in [0.1, 0.15) is 28.9 Å². The van der Waals surface area contributed by atoms with Gasteiger partial charge >= 0.3 is 0 Å². The van der Waals surface area contributed by atoms with Gasteiger partial charge in [-0.15, -0.1) is 12.4 Å². The van der Waals surface area contributed by atoms with E-state index in [1.165, 1.54) is 21.5 Å². The van der Waals surface area contributed by atoms with Crippen LogP contribution in [-0.4, -0.2) is 6.61 Å². The third kappa shape index (κ3) is 4.59. The van der Waals surface area contributed by atoms with Crippen molar-refractivity contribution < 1.29 is 4.74 Å². The predicted molar refractivity (Wildman–Crippen MR) is 134 cm³/mol. The van der Waals surface area contributed by atoms with E-state index >= 15 is 0 Å². The Hall–Kier alpha value is -2.60. The maximum Gasteiger partial charge on any atom is 0.119 e. The van der Waals surface area contributed by atoms with Crippen LogP contribution in [0.1, 0.15) is 12.5 Å². The monoisotopic (exact) mass is 433 g/mol. The Morgan fingerprint density at radius 3 is 1.33 bits per heavy atom. The molecule has 0 aliphatic carbocycles. The van der Waals surface area contributed by atoms with E-state index in [0.717, 1.165) is 11.9 Å². The van der Waals surface area contributed by atoms with Gasteiger partial charge in [0.25, 0.3) is 0 Å². The number of halogens is 1. The van der Waals surface area contributed by atoms with Gasteiger partial charge in [0, 0.05) is 0 Å². The molecule has 0 bridgehead atoms. The zero-order valence-corrected chi connectivity index (χ0v) is 18.9. The third-order valence-corrected chi connectivity index (χ3v) is 9.62. The molecule has 4 aromatic rings. The Balaban J connectivity index is 0.00000256. The molecule has 0 amide bonds. The highest BCUT2D eigenvalue weighted by molar-refractivity contribution is 7.95. The largest absolute Gasteiger partial charge is 0.494 e. The first kappa shape index (κ1) is 22.1. The Morgan fingerprint density at radius 1 is 0.567 bits per heavy atom. The van der Waals surface area contributed by atoms with Crippen LogP contribution in [0.5, 0.6) is 5.75 Å². The Bertz CT molecular complexity index is 922. The van der Waals surface area contributed by atoms with Gasteiger partial charge in [0.05, 0.1) is 12.8 Å². The fourth-order valence-corrected chi connectivity index (χ4v) is 8.14. The highest BCUT2D eigenvalue weighted by atomic mass is 35.5. The smallest absolute Gasteiger partial charge is 0.119 e. The van der Waals surface area contributed by atoms with Gasteiger partial charge < -0.3 is 4.74 Å². The van der Waals surface area contributed by atoms with Crippen molar-refractivity contribution in [2.75, 3.05) is 6.61 Å². The Labute approximate surface area is 186 Å². The fourth-order valence-electron chi connectivity index (χ4n) is 3.90. The summed E-state index contributed by atoms with van der Waals surface area (Å²) in [6, 6.07) is 41.7. The van der Waals surface area contributed by atoms with Gasteiger partial charge in [-0.1, -0.05) is 66.7 Å². The quantitative estimate of drug-likeness (QED) is 0.325. The topological polar surface area (TPSA) is 9.23 Å². The molecule has 0 aliphatic rings. The molecular formula is C27H27ClOP+. The number of hydrogen-bond donors (Lipinski definition) is 0. The average Bonchev–Trinajstić information content (AvgIpc) is 2.80. The molecular weight excluding hydrogens is 407 g/mol. The molecule has 0 radical (unpaired) electrons. The minimum atomic E-state index is -1.85. The highest BCUT2D eigenvalue weighted by Crippen LogP contribution is 2.58. The molecule has 0 aliphatic heterocycles. The fraction of sp³-hybridized carbons (Fsp3) is 0.111. The van der Waals surface area contributed by atoms with E-state index in [4.69, 9.17) is 4.74 Å². The first-order chi connectivity index (χ1) is 14.3. The van der Waals surface area contributed by atoms with Crippen LogP contribution in [-0.2, 0) is 6.16 Å². The minimum Gasteiger partial charge on any atom is -0.494 e. The van der Waals surface area contributed by atoms with Gasteiger partial charge in [-0.05, 0) is 61.0 Å². The number of ether oxygens (including phenoxy) is 1. The van der Waals surface area contributed by atoms with Gasteiger partial charge in [-0.25, -0.2) is 0 Å². The molecule has 4 rings (SSSR count). The van der Waals surface area contributed by atoms with E-state index in [2.05, 4.69) is 115 Å². The van der Waals surface area contributed by atoms with Crippen LogP contribution < -0.4 is 20.7 Å². The second kappa shape index (κ2) is 10.4. The molecule has 152 valence electrons. The normalized spacial score (nSPS) is 10.8. The SMILES string of the molecule is CCOc1ccc(C[P+](c2ccccc2)(c2ccccc2)c2ccccc2)cc1.Cl. The van der Waals surface area contributed by atoms with Crippen molar-refractivity contribution in [1.29, 1.82) is 0 Å². The van der Waals surface area contributed by atoms with Crippen LogP contribution in [0.2, 0.25) is 0 Å². The van der Waals surface area contributed by atoms with Crippen molar-refractivity contribution in [2.45, 2.75) is 13.1 Å². The van der Waals surface area contributed by atoms with Crippen LogP contribution in [0.4, 0.5) is 0 Å². The summed E-state index contributed by atoms with van der Waals surface area (Å²) in [6.07, 6.45) is 0.984. The maximum absolute atomic E-state index is 5.65.